The Labute approximate surface area is 93.9 Å². The number of nitrogens with zero attached hydrogens (tertiary/aromatic N) is 2. The van der Waals surface area contributed by atoms with E-state index < -0.39 is 5.60 Å². The van der Waals surface area contributed by atoms with Gasteiger partial charge in [-0.05, 0) is 27.7 Å². The van der Waals surface area contributed by atoms with E-state index in [1.54, 1.807) is 7.05 Å². The van der Waals surface area contributed by atoms with E-state index in [0.29, 0.717) is 5.82 Å². The number of ether oxygens (including phenoxy) is 1. The predicted octanol–water partition coefficient (Wildman–Crippen LogP) is 2.82. The lowest BCUT2D eigenvalue weighted by molar-refractivity contribution is 0.0588. The van der Waals surface area contributed by atoms with Gasteiger partial charge in [-0.15, -0.1) is 11.3 Å². The molecule has 0 unspecified atom stereocenters. The summed E-state index contributed by atoms with van der Waals surface area (Å²) in [6, 6.07) is 0. The number of rotatable bonds is 1. The number of hydrogen-bond donors (Lipinski definition) is 0. The van der Waals surface area contributed by atoms with Gasteiger partial charge in [-0.25, -0.2) is 9.78 Å². The smallest absolute Gasteiger partial charge is 0.415 e. The summed E-state index contributed by atoms with van der Waals surface area (Å²) in [6.45, 7) is 7.41. The molecular formula is C10H16N2O2S. The van der Waals surface area contributed by atoms with Gasteiger partial charge < -0.3 is 4.74 Å². The molecule has 1 aromatic heterocycles. The van der Waals surface area contributed by atoms with Gasteiger partial charge in [0.2, 0.25) is 0 Å². The number of amides is 1. The van der Waals surface area contributed by atoms with Crippen LogP contribution >= 0.6 is 11.3 Å². The van der Waals surface area contributed by atoms with Crippen molar-refractivity contribution in [3.05, 3.63) is 10.4 Å². The molecule has 1 aromatic rings. The zero-order chi connectivity index (χ0) is 11.6. The predicted molar refractivity (Wildman–Crippen MR) is 61.5 cm³/mol. The molecule has 0 atom stereocenters. The molecule has 0 aromatic carbocycles. The minimum atomic E-state index is -0.476. The molecule has 84 valence electrons. The van der Waals surface area contributed by atoms with Crippen LogP contribution in [0.15, 0.2) is 5.38 Å². The summed E-state index contributed by atoms with van der Waals surface area (Å²) in [5.41, 5.74) is -0.476. The number of hydrogen-bond acceptors (Lipinski definition) is 4. The van der Waals surface area contributed by atoms with Gasteiger partial charge in [-0.3, -0.25) is 4.90 Å². The second-order valence-corrected chi connectivity index (χ2v) is 5.33. The molecule has 0 saturated carbocycles. The minimum absolute atomic E-state index is 0.382. The zero-order valence-electron chi connectivity index (χ0n) is 9.70. The third-order valence-electron chi connectivity index (χ3n) is 1.62. The molecule has 0 fully saturated rings. The van der Waals surface area contributed by atoms with Crippen LogP contribution in [0.1, 0.15) is 25.8 Å². The fourth-order valence-electron chi connectivity index (χ4n) is 0.930. The van der Waals surface area contributed by atoms with E-state index in [9.17, 15) is 4.79 Å². The lowest BCUT2D eigenvalue weighted by Crippen LogP contribution is -2.34. The molecule has 0 aliphatic carbocycles. The first-order valence-electron chi connectivity index (χ1n) is 4.68. The number of aryl methyl sites for hydroxylation is 1. The molecule has 0 bridgehead atoms. The van der Waals surface area contributed by atoms with E-state index >= 15 is 0 Å². The SMILES string of the molecule is Cc1nc(N(C)C(=O)OC(C)(C)C)cs1. The average molecular weight is 228 g/mol. The van der Waals surface area contributed by atoms with Crippen molar-refractivity contribution in [3.63, 3.8) is 0 Å². The molecule has 5 heteroatoms. The third kappa shape index (κ3) is 3.51. The highest BCUT2D eigenvalue weighted by atomic mass is 32.1. The van der Waals surface area contributed by atoms with Gasteiger partial charge in [0.15, 0.2) is 0 Å². The summed E-state index contributed by atoms with van der Waals surface area (Å²) in [7, 11) is 1.66. The van der Waals surface area contributed by atoms with E-state index in [1.807, 2.05) is 33.1 Å². The fraction of sp³-hybridized carbons (Fsp3) is 0.600. The van der Waals surface area contributed by atoms with E-state index in [1.165, 1.54) is 16.2 Å². The van der Waals surface area contributed by atoms with Gasteiger partial charge in [-0.2, -0.15) is 0 Å². The Morgan fingerprint density at radius 2 is 2.13 bits per heavy atom. The van der Waals surface area contributed by atoms with E-state index in [-0.39, 0.29) is 6.09 Å². The molecule has 1 amide bonds. The van der Waals surface area contributed by atoms with Gasteiger partial charge in [0.25, 0.3) is 0 Å². The van der Waals surface area contributed by atoms with Gasteiger partial charge >= 0.3 is 6.09 Å². The second-order valence-electron chi connectivity index (χ2n) is 4.26. The molecular weight excluding hydrogens is 212 g/mol. The largest absolute Gasteiger partial charge is 0.443 e. The second kappa shape index (κ2) is 4.18. The lowest BCUT2D eigenvalue weighted by Gasteiger charge is -2.23. The Kier molecular flexibility index (Phi) is 3.34. The number of aromatic nitrogens is 1. The van der Waals surface area contributed by atoms with Crippen molar-refractivity contribution < 1.29 is 9.53 Å². The Hall–Kier alpha value is -1.10. The standard InChI is InChI=1S/C10H16N2O2S/c1-7-11-8(6-15-7)12(5)9(13)14-10(2,3)4/h6H,1-5H3. The van der Waals surface area contributed by atoms with Crippen LogP contribution in [0.2, 0.25) is 0 Å². The highest BCUT2D eigenvalue weighted by Crippen LogP contribution is 2.18. The first kappa shape index (κ1) is 12.0. The summed E-state index contributed by atoms with van der Waals surface area (Å²) in [4.78, 5) is 17.3. The molecule has 0 saturated heterocycles. The first-order chi connectivity index (χ1) is 6.79. The zero-order valence-corrected chi connectivity index (χ0v) is 10.5. The van der Waals surface area contributed by atoms with Crippen LogP contribution in [0.3, 0.4) is 0 Å². The van der Waals surface area contributed by atoms with Crippen LogP contribution < -0.4 is 4.90 Å². The van der Waals surface area contributed by atoms with E-state index in [4.69, 9.17) is 4.74 Å². The van der Waals surface area contributed by atoms with Crippen molar-refractivity contribution in [2.75, 3.05) is 11.9 Å². The highest BCUT2D eigenvalue weighted by molar-refractivity contribution is 7.09. The van der Waals surface area contributed by atoms with E-state index in [2.05, 4.69) is 4.98 Å². The summed E-state index contributed by atoms with van der Waals surface area (Å²) in [5.74, 6) is 0.631. The normalized spacial score (nSPS) is 11.3. The van der Waals surface area contributed by atoms with Crippen LogP contribution in [-0.4, -0.2) is 23.7 Å². The molecule has 0 N–H and O–H groups in total. The van der Waals surface area contributed by atoms with Gasteiger partial charge in [-0.1, -0.05) is 0 Å². The molecule has 0 spiro atoms. The van der Waals surface area contributed by atoms with Crippen molar-refractivity contribution in [2.24, 2.45) is 0 Å². The van der Waals surface area contributed by atoms with Crippen molar-refractivity contribution >= 4 is 23.2 Å². The van der Waals surface area contributed by atoms with Crippen molar-refractivity contribution in [2.45, 2.75) is 33.3 Å². The number of carbonyl (C=O) groups is 1. The maximum absolute atomic E-state index is 11.6. The Bertz CT molecular complexity index is 355. The van der Waals surface area contributed by atoms with Crippen LogP contribution in [0, 0.1) is 6.92 Å². The monoisotopic (exact) mass is 228 g/mol. The molecule has 4 nitrogen and oxygen atoms in total. The minimum Gasteiger partial charge on any atom is -0.443 e. The van der Waals surface area contributed by atoms with Gasteiger partial charge in [0, 0.05) is 12.4 Å². The topological polar surface area (TPSA) is 42.4 Å². The van der Waals surface area contributed by atoms with Crippen LogP contribution in [0.4, 0.5) is 10.6 Å². The first-order valence-corrected chi connectivity index (χ1v) is 5.56. The van der Waals surface area contributed by atoms with Gasteiger partial charge in [0.1, 0.15) is 11.4 Å². The molecule has 1 rings (SSSR count). The van der Waals surface area contributed by atoms with Crippen molar-refractivity contribution in [3.8, 4) is 0 Å². The van der Waals surface area contributed by atoms with Crippen molar-refractivity contribution in [1.29, 1.82) is 0 Å². The third-order valence-corrected chi connectivity index (χ3v) is 2.38. The van der Waals surface area contributed by atoms with E-state index in [0.717, 1.165) is 5.01 Å². The molecule has 0 radical (unpaired) electrons. The van der Waals surface area contributed by atoms with Crippen molar-refractivity contribution in [1.82, 2.24) is 4.98 Å². The summed E-state index contributed by atoms with van der Waals surface area (Å²) < 4.78 is 5.21. The number of thiazole rings is 1. The number of anilines is 1. The summed E-state index contributed by atoms with van der Waals surface area (Å²) in [6.07, 6.45) is -0.382. The van der Waals surface area contributed by atoms with Crippen LogP contribution in [0.5, 0.6) is 0 Å². The maximum atomic E-state index is 11.6. The average Bonchev–Trinajstić information content (AvgIpc) is 2.47. The molecule has 15 heavy (non-hydrogen) atoms. The van der Waals surface area contributed by atoms with Crippen LogP contribution in [0.25, 0.3) is 0 Å². The van der Waals surface area contributed by atoms with Gasteiger partial charge in [0.05, 0.1) is 5.01 Å². The Morgan fingerprint density at radius 3 is 2.53 bits per heavy atom. The molecule has 0 aliphatic heterocycles. The summed E-state index contributed by atoms with van der Waals surface area (Å²) in [5, 5.41) is 2.76. The molecule has 0 aliphatic rings. The summed E-state index contributed by atoms with van der Waals surface area (Å²) >= 11 is 1.51. The highest BCUT2D eigenvalue weighted by Gasteiger charge is 2.21. The lowest BCUT2D eigenvalue weighted by atomic mass is 10.2. The molecule has 1 heterocycles. The number of carbonyl (C=O) groups excluding carboxylic acids is 1. The Morgan fingerprint density at radius 1 is 1.53 bits per heavy atom. The quantitative estimate of drug-likeness (QED) is 0.742. The maximum Gasteiger partial charge on any atom is 0.415 e. The Balaban J connectivity index is 2.69. The van der Waals surface area contributed by atoms with Crippen LogP contribution in [-0.2, 0) is 4.74 Å². The fourth-order valence-corrected chi connectivity index (χ4v) is 1.56.